The summed E-state index contributed by atoms with van der Waals surface area (Å²) < 4.78 is 0. The zero-order valence-corrected chi connectivity index (χ0v) is 10.6. The van der Waals surface area contributed by atoms with Gasteiger partial charge in [0.05, 0.1) is 11.7 Å². The first kappa shape index (κ1) is 12.3. The van der Waals surface area contributed by atoms with E-state index in [1.165, 1.54) is 11.1 Å². The maximum atomic E-state index is 12.2. The van der Waals surface area contributed by atoms with E-state index in [0.717, 1.165) is 25.7 Å². The summed E-state index contributed by atoms with van der Waals surface area (Å²) in [4.78, 5) is 29.5. The van der Waals surface area contributed by atoms with Crippen molar-refractivity contribution in [3.8, 4) is 0 Å². The number of carbonyl (C=O) groups excluding carboxylic acids is 2. The van der Waals surface area contributed by atoms with Gasteiger partial charge in [-0.25, -0.2) is 0 Å². The molecular weight excluding hydrogens is 244 g/mol. The van der Waals surface area contributed by atoms with Crippen molar-refractivity contribution in [1.29, 1.82) is 0 Å². The Hall–Kier alpha value is -1.75. The van der Waals surface area contributed by atoms with Crippen LogP contribution in [0, 0.1) is 5.92 Å². The van der Waals surface area contributed by atoms with Crippen molar-refractivity contribution in [2.24, 2.45) is 5.92 Å². The smallest absolute Gasteiger partial charge is 0.280 e. The molecule has 2 unspecified atom stereocenters. The van der Waals surface area contributed by atoms with E-state index in [9.17, 15) is 14.7 Å². The molecule has 19 heavy (non-hydrogen) atoms. The van der Waals surface area contributed by atoms with Gasteiger partial charge >= 0.3 is 0 Å². The number of hydrogen-bond donors (Lipinski definition) is 1. The van der Waals surface area contributed by atoms with Gasteiger partial charge in [-0.05, 0) is 25.0 Å². The van der Waals surface area contributed by atoms with Gasteiger partial charge in [0.15, 0.2) is 0 Å². The van der Waals surface area contributed by atoms with Crippen molar-refractivity contribution in [2.45, 2.75) is 31.8 Å². The summed E-state index contributed by atoms with van der Waals surface area (Å²) >= 11 is 0. The zero-order valence-electron chi connectivity index (χ0n) is 10.6. The molecule has 2 atom stereocenters. The highest BCUT2D eigenvalue weighted by Gasteiger charge is 2.39. The lowest BCUT2D eigenvalue weighted by atomic mass is 9.86. The molecule has 0 radical (unpaired) electrons. The summed E-state index contributed by atoms with van der Waals surface area (Å²) in [6.45, 7) is 0.301. The van der Waals surface area contributed by atoms with Crippen LogP contribution in [0.4, 0.5) is 0 Å². The molecule has 5 heteroatoms. The minimum Gasteiger partial charge on any atom is -0.393 e. The number of pyridine rings is 1. The van der Waals surface area contributed by atoms with Crippen LogP contribution < -0.4 is 0 Å². The molecular formula is C14H16N2O3. The van der Waals surface area contributed by atoms with Crippen LogP contribution in [-0.4, -0.2) is 39.5 Å². The van der Waals surface area contributed by atoms with E-state index < -0.39 is 6.10 Å². The number of aromatic nitrogens is 1. The fourth-order valence-corrected chi connectivity index (χ4v) is 2.92. The van der Waals surface area contributed by atoms with Crippen molar-refractivity contribution < 1.29 is 14.7 Å². The fraction of sp³-hybridized carbons (Fsp3) is 0.500. The predicted octanol–water partition coefficient (Wildman–Crippen LogP) is 1.23. The Morgan fingerprint density at radius 3 is 2.79 bits per heavy atom. The van der Waals surface area contributed by atoms with Gasteiger partial charge in [-0.15, -0.1) is 0 Å². The number of nitrogens with zero attached hydrogens (tertiary/aromatic N) is 2. The van der Waals surface area contributed by atoms with Gasteiger partial charge in [0.25, 0.3) is 11.8 Å². The van der Waals surface area contributed by atoms with E-state index in [-0.39, 0.29) is 23.4 Å². The van der Waals surface area contributed by atoms with Crippen molar-refractivity contribution >= 4 is 11.8 Å². The second kappa shape index (κ2) is 4.74. The Morgan fingerprint density at radius 1 is 1.26 bits per heavy atom. The van der Waals surface area contributed by atoms with Gasteiger partial charge in [0.1, 0.15) is 5.69 Å². The SMILES string of the molecule is O=C1c2cccnc2C(=O)N1CC1CCCCC1O. The average molecular weight is 260 g/mol. The lowest BCUT2D eigenvalue weighted by Crippen LogP contribution is -2.40. The number of carbonyl (C=O) groups is 2. The number of aliphatic hydroxyl groups is 1. The molecule has 2 amide bonds. The predicted molar refractivity (Wildman–Crippen MR) is 67.6 cm³/mol. The minimum absolute atomic E-state index is 0.00374. The minimum atomic E-state index is -0.411. The first-order chi connectivity index (χ1) is 9.18. The van der Waals surface area contributed by atoms with Crippen LogP contribution in [0.1, 0.15) is 46.5 Å². The first-order valence-corrected chi connectivity index (χ1v) is 6.68. The van der Waals surface area contributed by atoms with E-state index in [1.54, 1.807) is 12.1 Å². The zero-order chi connectivity index (χ0) is 13.4. The summed E-state index contributed by atoms with van der Waals surface area (Å²) in [6, 6.07) is 3.28. The second-order valence-electron chi connectivity index (χ2n) is 5.23. The van der Waals surface area contributed by atoms with Crippen LogP contribution in [0.2, 0.25) is 0 Å². The lowest BCUT2D eigenvalue weighted by molar-refractivity contribution is 0.0387. The van der Waals surface area contributed by atoms with Gasteiger partial charge in [0.2, 0.25) is 0 Å². The molecule has 3 rings (SSSR count). The number of imide groups is 1. The maximum absolute atomic E-state index is 12.2. The standard InChI is InChI=1S/C14H16N2O3/c17-11-6-2-1-4-9(11)8-16-13(18)10-5-3-7-15-12(10)14(16)19/h3,5,7,9,11,17H,1-2,4,6,8H2. The summed E-state index contributed by atoms with van der Waals surface area (Å²) in [6.07, 6.45) is 4.78. The van der Waals surface area contributed by atoms with Gasteiger partial charge in [-0.1, -0.05) is 12.8 Å². The first-order valence-electron chi connectivity index (χ1n) is 6.68. The third kappa shape index (κ3) is 2.04. The number of fused-ring (bicyclic) bond motifs is 1. The highest BCUT2D eigenvalue weighted by molar-refractivity contribution is 6.20. The molecule has 5 nitrogen and oxygen atoms in total. The highest BCUT2D eigenvalue weighted by atomic mass is 16.3. The molecule has 0 saturated heterocycles. The monoisotopic (exact) mass is 260 g/mol. The van der Waals surface area contributed by atoms with Crippen LogP contribution in [0.5, 0.6) is 0 Å². The van der Waals surface area contributed by atoms with E-state index >= 15 is 0 Å². The molecule has 1 saturated carbocycles. The Kier molecular flexibility index (Phi) is 3.06. The summed E-state index contributed by atoms with van der Waals surface area (Å²) in [5.41, 5.74) is 0.607. The van der Waals surface area contributed by atoms with E-state index in [0.29, 0.717) is 12.1 Å². The Labute approximate surface area is 111 Å². The topological polar surface area (TPSA) is 70.5 Å². The Bertz CT molecular complexity index is 494. The average Bonchev–Trinajstić information content (AvgIpc) is 2.67. The van der Waals surface area contributed by atoms with Crippen molar-refractivity contribution in [3.05, 3.63) is 29.6 Å². The van der Waals surface area contributed by atoms with Crippen molar-refractivity contribution in [3.63, 3.8) is 0 Å². The number of rotatable bonds is 2. The molecule has 2 heterocycles. The van der Waals surface area contributed by atoms with Crippen LogP contribution in [0.25, 0.3) is 0 Å². The normalized spacial score (nSPS) is 26.7. The molecule has 0 spiro atoms. The molecule has 1 aliphatic heterocycles. The van der Waals surface area contributed by atoms with Crippen molar-refractivity contribution in [2.75, 3.05) is 6.54 Å². The van der Waals surface area contributed by atoms with Crippen LogP contribution in [0.15, 0.2) is 18.3 Å². The van der Waals surface area contributed by atoms with Crippen LogP contribution in [-0.2, 0) is 0 Å². The molecule has 1 fully saturated rings. The molecule has 0 aromatic carbocycles. The lowest BCUT2D eigenvalue weighted by Gasteiger charge is -2.30. The van der Waals surface area contributed by atoms with Crippen LogP contribution in [0.3, 0.4) is 0 Å². The van der Waals surface area contributed by atoms with Gasteiger partial charge < -0.3 is 5.11 Å². The highest BCUT2D eigenvalue weighted by Crippen LogP contribution is 2.28. The fourth-order valence-electron chi connectivity index (χ4n) is 2.92. The molecule has 0 bridgehead atoms. The van der Waals surface area contributed by atoms with Crippen molar-refractivity contribution in [1.82, 2.24) is 9.88 Å². The largest absolute Gasteiger partial charge is 0.393 e. The van der Waals surface area contributed by atoms with Crippen LogP contribution >= 0.6 is 0 Å². The quantitative estimate of drug-likeness (QED) is 0.812. The number of aliphatic hydroxyl groups excluding tert-OH is 1. The molecule has 2 aliphatic rings. The summed E-state index contributed by atoms with van der Waals surface area (Å²) in [5.74, 6) is -0.625. The molecule has 1 aliphatic carbocycles. The number of amides is 2. The van der Waals surface area contributed by atoms with E-state index in [2.05, 4.69) is 4.98 Å². The Balaban J connectivity index is 1.80. The van der Waals surface area contributed by atoms with Gasteiger partial charge in [0, 0.05) is 18.7 Å². The van der Waals surface area contributed by atoms with Gasteiger partial charge in [-0.2, -0.15) is 0 Å². The maximum Gasteiger partial charge on any atom is 0.280 e. The molecule has 1 N–H and O–H groups in total. The third-order valence-corrected chi connectivity index (χ3v) is 4.02. The number of hydrogen-bond acceptors (Lipinski definition) is 4. The molecule has 1 aromatic rings. The molecule has 1 aromatic heterocycles. The van der Waals surface area contributed by atoms with E-state index in [1.807, 2.05) is 0 Å². The van der Waals surface area contributed by atoms with Gasteiger partial charge in [-0.3, -0.25) is 19.5 Å². The Morgan fingerprint density at radius 2 is 2.05 bits per heavy atom. The molecule has 100 valence electrons. The summed E-state index contributed by atoms with van der Waals surface area (Å²) in [7, 11) is 0. The third-order valence-electron chi connectivity index (χ3n) is 4.02. The van der Waals surface area contributed by atoms with E-state index in [4.69, 9.17) is 0 Å². The summed E-state index contributed by atoms with van der Waals surface area (Å²) in [5, 5.41) is 9.95. The second-order valence-corrected chi connectivity index (χ2v) is 5.23.